The Morgan fingerprint density at radius 2 is 1.86 bits per heavy atom. The van der Waals surface area contributed by atoms with Crippen molar-refractivity contribution in [3.05, 3.63) is 29.8 Å². The highest BCUT2D eigenvalue weighted by Gasteiger charge is 2.31. The lowest BCUT2D eigenvalue weighted by Gasteiger charge is -2.31. The van der Waals surface area contributed by atoms with Crippen molar-refractivity contribution in [2.75, 3.05) is 0 Å². The van der Waals surface area contributed by atoms with Crippen LogP contribution in [0, 0.1) is 0 Å². The minimum Gasteiger partial charge on any atom is -0.508 e. The number of carbonyl (C=O) groups excluding carboxylic acids is 1. The molecule has 1 aromatic rings. The smallest absolute Gasteiger partial charge is 0.336 e. The summed E-state index contributed by atoms with van der Waals surface area (Å²) in [6.45, 7) is 11.4. The fourth-order valence-electron chi connectivity index (χ4n) is 1.91. The number of hydrogen-bond donors (Lipinski definition) is 1. The van der Waals surface area contributed by atoms with Crippen LogP contribution >= 0.6 is 0 Å². The van der Waals surface area contributed by atoms with Crippen LogP contribution in [0.2, 0.25) is 0 Å². The predicted molar refractivity (Wildman–Crippen MR) is 86.9 cm³/mol. The molecule has 1 atom stereocenters. The number of aromatic hydroxyl groups is 1. The minimum atomic E-state index is -0.698. The lowest BCUT2D eigenvalue weighted by molar-refractivity contribution is -0.178. The molecule has 0 fully saturated rings. The molecular formula is C18H28O4. The first-order valence-corrected chi connectivity index (χ1v) is 7.71. The van der Waals surface area contributed by atoms with Gasteiger partial charge in [0.1, 0.15) is 11.4 Å². The zero-order valence-electron chi connectivity index (χ0n) is 14.5. The molecule has 0 aliphatic rings. The molecule has 0 radical (unpaired) electrons. The van der Waals surface area contributed by atoms with E-state index < -0.39 is 17.3 Å². The Bertz CT molecular complexity index is 500. The molecule has 4 nitrogen and oxygen atoms in total. The Morgan fingerprint density at radius 1 is 1.23 bits per heavy atom. The number of ether oxygens (including phenoxy) is 2. The molecule has 0 amide bonds. The maximum Gasteiger partial charge on any atom is 0.336 e. The second kappa shape index (κ2) is 7.14. The summed E-state index contributed by atoms with van der Waals surface area (Å²) in [6, 6.07) is 6.85. The van der Waals surface area contributed by atoms with E-state index in [2.05, 4.69) is 0 Å². The summed E-state index contributed by atoms with van der Waals surface area (Å²) >= 11 is 0. The quantitative estimate of drug-likeness (QED) is 0.811. The van der Waals surface area contributed by atoms with Crippen molar-refractivity contribution in [1.29, 1.82) is 0 Å². The molecule has 1 aromatic carbocycles. The largest absolute Gasteiger partial charge is 0.508 e. The molecule has 0 aromatic heterocycles. The number of phenols is 1. The van der Waals surface area contributed by atoms with Gasteiger partial charge in [-0.05, 0) is 58.7 Å². The van der Waals surface area contributed by atoms with Crippen LogP contribution < -0.4 is 0 Å². The van der Waals surface area contributed by atoms with Crippen LogP contribution in [0.4, 0.5) is 0 Å². The molecule has 22 heavy (non-hydrogen) atoms. The van der Waals surface area contributed by atoms with Crippen molar-refractivity contribution in [3.63, 3.8) is 0 Å². The highest BCUT2D eigenvalue weighted by atomic mass is 16.6. The molecule has 0 saturated heterocycles. The molecule has 1 unspecified atom stereocenters. The molecule has 0 bridgehead atoms. The molecule has 1 rings (SSSR count). The molecule has 0 heterocycles. The normalized spacial score (nSPS) is 13.7. The van der Waals surface area contributed by atoms with E-state index in [4.69, 9.17) is 9.47 Å². The van der Waals surface area contributed by atoms with E-state index in [1.54, 1.807) is 18.2 Å². The number of carbonyl (C=O) groups is 1. The van der Waals surface area contributed by atoms with Crippen LogP contribution in [0.3, 0.4) is 0 Å². The Morgan fingerprint density at radius 3 is 2.36 bits per heavy atom. The molecule has 4 heteroatoms. The van der Waals surface area contributed by atoms with Crippen LogP contribution in [0.25, 0.3) is 0 Å². The maximum atomic E-state index is 12.4. The molecule has 1 N–H and O–H groups in total. The predicted octanol–water partition coefficient (Wildman–Crippen LogP) is 3.85. The molecule has 0 spiro atoms. The van der Waals surface area contributed by atoms with Crippen molar-refractivity contribution < 1.29 is 19.4 Å². The summed E-state index contributed by atoms with van der Waals surface area (Å²) < 4.78 is 11.4. The summed E-state index contributed by atoms with van der Waals surface area (Å²) in [6.07, 6.45) is 0.454. The Labute approximate surface area is 133 Å². The Kier molecular flexibility index (Phi) is 6.00. The summed E-state index contributed by atoms with van der Waals surface area (Å²) in [7, 11) is 0. The Hall–Kier alpha value is -1.55. The summed E-state index contributed by atoms with van der Waals surface area (Å²) in [5.74, 6) is -0.201. The second-order valence-corrected chi connectivity index (χ2v) is 7.13. The fourth-order valence-corrected chi connectivity index (χ4v) is 1.91. The SMILES string of the molecule is CCC(C)(C)OC(Cc1cccc(O)c1)C(=O)OC(C)(C)C. The summed E-state index contributed by atoms with van der Waals surface area (Å²) in [4.78, 5) is 12.4. The van der Waals surface area contributed by atoms with Gasteiger partial charge < -0.3 is 14.6 Å². The van der Waals surface area contributed by atoms with Crippen molar-refractivity contribution in [2.45, 2.75) is 71.7 Å². The van der Waals surface area contributed by atoms with E-state index >= 15 is 0 Å². The first-order valence-electron chi connectivity index (χ1n) is 7.71. The number of phenolic OH excluding ortho intramolecular Hbond substituents is 1. The Balaban J connectivity index is 2.93. The van der Waals surface area contributed by atoms with E-state index in [-0.39, 0.29) is 11.7 Å². The van der Waals surface area contributed by atoms with Gasteiger partial charge in [0.15, 0.2) is 6.10 Å². The van der Waals surface area contributed by atoms with E-state index in [9.17, 15) is 9.90 Å². The van der Waals surface area contributed by atoms with Crippen molar-refractivity contribution >= 4 is 5.97 Å². The van der Waals surface area contributed by atoms with Crippen molar-refractivity contribution in [3.8, 4) is 5.75 Å². The number of hydrogen-bond acceptors (Lipinski definition) is 4. The number of benzene rings is 1. The summed E-state index contributed by atoms with van der Waals surface area (Å²) in [5, 5.41) is 9.57. The standard InChI is InChI=1S/C18H28O4/c1-7-18(5,6)21-15(16(20)22-17(2,3)4)12-13-9-8-10-14(19)11-13/h8-11,15,19H,7,12H2,1-6H3. The zero-order valence-corrected chi connectivity index (χ0v) is 14.5. The fraction of sp³-hybridized carbons (Fsp3) is 0.611. The van der Waals surface area contributed by atoms with Crippen LogP contribution in [0.1, 0.15) is 53.5 Å². The van der Waals surface area contributed by atoms with E-state index in [1.807, 2.05) is 47.6 Å². The average Bonchev–Trinajstić information content (AvgIpc) is 2.36. The average molecular weight is 308 g/mol. The number of esters is 1. The van der Waals surface area contributed by atoms with Gasteiger partial charge in [0.25, 0.3) is 0 Å². The maximum absolute atomic E-state index is 12.4. The van der Waals surface area contributed by atoms with Gasteiger partial charge >= 0.3 is 5.97 Å². The highest BCUT2D eigenvalue weighted by Crippen LogP contribution is 2.22. The van der Waals surface area contributed by atoms with Gasteiger partial charge in [0.05, 0.1) is 5.60 Å². The van der Waals surface area contributed by atoms with Crippen LogP contribution in [0.15, 0.2) is 24.3 Å². The molecular weight excluding hydrogens is 280 g/mol. The van der Waals surface area contributed by atoms with Gasteiger partial charge in [0, 0.05) is 6.42 Å². The van der Waals surface area contributed by atoms with Crippen molar-refractivity contribution in [2.24, 2.45) is 0 Å². The minimum absolute atomic E-state index is 0.176. The highest BCUT2D eigenvalue weighted by molar-refractivity contribution is 5.75. The van der Waals surface area contributed by atoms with Gasteiger partial charge in [-0.25, -0.2) is 4.79 Å². The lowest BCUT2D eigenvalue weighted by Crippen LogP contribution is -2.40. The van der Waals surface area contributed by atoms with E-state index in [1.165, 1.54) is 0 Å². The summed E-state index contributed by atoms with van der Waals surface area (Å²) in [5.41, 5.74) is -0.144. The molecule has 0 saturated carbocycles. The topological polar surface area (TPSA) is 55.8 Å². The van der Waals surface area contributed by atoms with E-state index in [0.717, 1.165) is 12.0 Å². The second-order valence-electron chi connectivity index (χ2n) is 7.13. The third-order valence-electron chi connectivity index (χ3n) is 3.31. The number of rotatable bonds is 6. The molecule has 0 aliphatic heterocycles. The monoisotopic (exact) mass is 308 g/mol. The van der Waals surface area contributed by atoms with Gasteiger partial charge in [-0.1, -0.05) is 19.1 Å². The third kappa shape index (κ3) is 6.48. The van der Waals surface area contributed by atoms with Crippen molar-refractivity contribution in [1.82, 2.24) is 0 Å². The van der Waals surface area contributed by atoms with Crippen LogP contribution in [0.5, 0.6) is 5.75 Å². The molecule has 124 valence electrons. The lowest BCUT2D eigenvalue weighted by atomic mass is 10.0. The van der Waals surface area contributed by atoms with Gasteiger partial charge in [-0.3, -0.25) is 0 Å². The van der Waals surface area contributed by atoms with Crippen LogP contribution in [-0.2, 0) is 20.7 Å². The van der Waals surface area contributed by atoms with Gasteiger partial charge in [-0.15, -0.1) is 0 Å². The zero-order chi connectivity index (χ0) is 17.0. The van der Waals surface area contributed by atoms with Gasteiger partial charge in [0.2, 0.25) is 0 Å². The first-order chi connectivity index (χ1) is 10.0. The van der Waals surface area contributed by atoms with E-state index in [0.29, 0.717) is 6.42 Å². The van der Waals surface area contributed by atoms with Gasteiger partial charge in [-0.2, -0.15) is 0 Å². The van der Waals surface area contributed by atoms with Crippen LogP contribution in [-0.4, -0.2) is 28.4 Å². The first kappa shape index (κ1) is 18.5. The third-order valence-corrected chi connectivity index (χ3v) is 3.31. The molecule has 0 aliphatic carbocycles.